The molecule has 140 valence electrons. The van der Waals surface area contributed by atoms with E-state index in [1.807, 2.05) is 24.3 Å². The molecule has 1 aromatic carbocycles. The lowest BCUT2D eigenvalue weighted by Crippen LogP contribution is -2.14. The molecule has 2 aliphatic rings. The molecule has 3 atom stereocenters. The van der Waals surface area contributed by atoms with Gasteiger partial charge in [0.25, 0.3) is 0 Å². The molecule has 2 aliphatic carbocycles. The number of hydrogen-bond acceptors (Lipinski definition) is 2. The molecule has 0 radical (unpaired) electrons. The van der Waals surface area contributed by atoms with Gasteiger partial charge >= 0.3 is 0 Å². The summed E-state index contributed by atoms with van der Waals surface area (Å²) in [5.74, 6) is 2.68. The van der Waals surface area contributed by atoms with Crippen molar-refractivity contribution < 1.29 is 9.53 Å². The second-order valence-electron chi connectivity index (χ2n) is 8.80. The van der Waals surface area contributed by atoms with Crippen LogP contribution in [0.25, 0.3) is 0 Å². The van der Waals surface area contributed by atoms with E-state index in [4.69, 9.17) is 4.74 Å². The molecule has 0 spiro atoms. The number of carbonyl (C=O) groups is 1. The summed E-state index contributed by atoms with van der Waals surface area (Å²) in [4.78, 5) is 12.9. The van der Waals surface area contributed by atoms with Crippen LogP contribution in [0.1, 0.15) is 63.7 Å². The molecule has 0 heterocycles. The molecule has 26 heavy (non-hydrogen) atoms. The summed E-state index contributed by atoms with van der Waals surface area (Å²) in [7, 11) is 1.65. The van der Waals surface area contributed by atoms with Crippen LogP contribution in [0.5, 0.6) is 5.75 Å². The van der Waals surface area contributed by atoms with Gasteiger partial charge in [-0.3, -0.25) is 4.79 Å². The highest BCUT2D eigenvalue weighted by Crippen LogP contribution is 2.64. The molecule has 1 fully saturated rings. The van der Waals surface area contributed by atoms with E-state index in [0.717, 1.165) is 30.6 Å². The molecule has 0 N–H and O–H groups in total. The van der Waals surface area contributed by atoms with Crippen molar-refractivity contribution in [2.24, 2.45) is 23.2 Å². The molecular weight excluding hydrogens is 320 g/mol. The molecule has 0 aromatic heterocycles. The summed E-state index contributed by atoms with van der Waals surface area (Å²) in [5, 5.41) is 0. The third kappa shape index (κ3) is 3.95. The average molecular weight is 353 g/mol. The number of rotatable bonds is 4. The molecule has 0 unspecified atom stereocenters. The Bertz CT molecular complexity index is 721. The molecular formula is C24H32O2. The van der Waals surface area contributed by atoms with Crippen LogP contribution in [0.3, 0.4) is 0 Å². The average Bonchev–Trinajstić information content (AvgIpc) is 3.14. The number of benzene rings is 1. The molecule has 0 amide bonds. The van der Waals surface area contributed by atoms with E-state index in [1.54, 1.807) is 7.11 Å². The van der Waals surface area contributed by atoms with Crippen molar-refractivity contribution in [2.75, 3.05) is 7.11 Å². The van der Waals surface area contributed by atoms with Gasteiger partial charge in [0.05, 0.1) is 7.11 Å². The third-order valence-electron chi connectivity index (χ3n) is 6.44. The summed E-state index contributed by atoms with van der Waals surface area (Å²) < 4.78 is 5.20. The molecule has 0 bridgehead atoms. The zero-order valence-electron chi connectivity index (χ0n) is 16.8. The van der Waals surface area contributed by atoms with Crippen molar-refractivity contribution >= 4 is 5.78 Å². The fourth-order valence-corrected chi connectivity index (χ4v) is 4.83. The Morgan fingerprint density at radius 1 is 1.15 bits per heavy atom. The first-order valence-electron chi connectivity index (χ1n) is 9.83. The van der Waals surface area contributed by atoms with E-state index in [1.165, 1.54) is 11.1 Å². The largest absolute Gasteiger partial charge is 0.497 e. The highest BCUT2D eigenvalue weighted by atomic mass is 16.5. The first-order valence-corrected chi connectivity index (χ1v) is 9.83. The van der Waals surface area contributed by atoms with E-state index in [0.29, 0.717) is 29.6 Å². The molecule has 2 nitrogen and oxygen atoms in total. The van der Waals surface area contributed by atoms with Crippen molar-refractivity contribution in [3.63, 3.8) is 0 Å². The number of ketones is 1. The fraction of sp³-hybridized carbons (Fsp3) is 0.542. The first kappa shape index (κ1) is 18.9. The Hall–Kier alpha value is -1.83. The summed E-state index contributed by atoms with van der Waals surface area (Å²) in [5.41, 5.74) is 4.04. The minimum atomic E-state index is 0.254. The van der Waals surface area contributed by atoms with Crippen LogP contribution >= 0.6 is 0 Å². The molecule has 1 saturated carbocycles. The number of hydrogen-bond donors (Lipinski definition) is 0. The van der Waals surface area contributed by atoms with E-state index in [2.05, 4.69) is 39.8 Å². The van der Waals surface area contributed by atoms with Crippen molar-refractivity contribution in [3.05, 3.63) is 53.1 Å². The van der Waals surface area contributed by atoms with Gasteiger partial charge in [-0.05, 0) is 80.5 Å². The lowest BCUT2D eigenvalue weighted by Gasteiger charge is -2.19. The van der Waals surface area contributed by atoms with E-state index in [9.17, 15) is 4.79 Å². The SMILES string of the molecule is COc1ccc(C(=O)C[C@H]2C/C(C)=C/CC/C(C)=C/[C@H]3[C@H]2C3(C)C)cc1. The highest BCUT2D eigenvalue weighted by Gasteiger charge is 2.59. The van der Waals surface area contributed by atoms with Gasteiger partial charge in [-0.2, -0.15) is 0 Å². The topological polar surface area (TPSA) is 26.3 Å². The van der Waals surface area contributed by atoms with Crippen LogP contribution < -0.4 is 4.74 Å². The number of methoxy groups -OCH3 is 1. The zero-order valence-corrected chi connectivity index (χ0v) is 16.8. The Kier molecular flexibility index (Phi) is 5.41. The van der Waals surface area contributed by atoms with E-state index in [-0.39, 0.29) is 5.78 Å². The van der Waals surface area contributed by atoms with Crippen molar-refractivity contribution in [1.82, 2.24) is 0 Å². The Morgan fingerprint density at radius 2 is 1.85 bits per heavy atom. The Labute approximate surface area is 158 Å². The first-order chi connectivity index (χ1) is 12.3. The molecule has 0 saturated heterocycles. The van der Waals surface area contributed by atoms with Gasteiger partial charge in [0.15, 0.2) is 5.78 Å². The van der Waals surface area contributed by atoms with Gasteiger partial charge in [-0.25, -0.2) is 0 Å². The smallest absolute Gasteiger partial charge is 0.163 e. The number of carbonyl (C=O) groups excluding carboxylic acids is 1. The van der Waals surface area contributed by atoms with Crippen LogP contribution in [-0.2, 0) is 0 Å². The quantitative estimate of drug-likeness (QED) is 0.474. The van der Waals surface area contributed by atoms with Gasteiger partial charge in [0, 0.05) is 12.0 Å². The fourth-order valence-electron chi connectivity index (χ4n) is 4.83. The monoisotopic (exact) mass is 352 g/mol. The second-order valence-corrected chi connectivity index (χ2v) is 8.80. The van der Waals surface area contributed by atoms with Crippen LogP contribution in [0.15, 0.2) is 47.6 Å². The molecule has 0 aliphatic heterocycles. The predicted octanol–water partition coefficient (Wildman–Crippen LogP) is 6.23. The van der Waals surface area contributed by atoms with Gasteiger partial charge in [0.1, 0.15) is 5.75 Å². The van der Waals surface area contributed by atoms with Crippen molar-refractivity contribution in [2.45, 2.75) is 53.4 Å². The summed E-state index contributed by atoms with van der Waals surface area (Å²) in [6.45, 7) is 9.23. The van der Waals surface area contributed by atoms with Gasteiger partial charge in [-0.15, -0.1) is 0 Å². The zero-order chi connectivity index (χ0) is 18.9. The third-order valence-corrected chi connectivity index (χ3v) is 6.44. The Morgan fingerprint density at radius 3 is 2.50 bits per heavy atom. The predicted molar refractivity (Wildman–Crippen MR) is 108 cm³/mol. The summed E-state index contributed by atoms with van der Waals surface area (Å²) in [6, 6.07) is 7.54. The molecule has 1 aromatic rings. The maximum atomic E-state index is 12.9. The number of Topliss-reactive ketones (excluding diaryl/α,β-unsaturated/α-hetero) is 1. The van der Waals surface area contributed by atoms with Crippen LogP contribution in [0, 0.1) is 23.2 Å². The summed E-state index contributed by atoms with van der Waals surface area (Å²) >= 11 is 0. The lowest BCUT2D eigenvalue weighted by molar-refractivity contribution is 0.0951. The maximum absolute atomic E-state index is 12.9. The lowest BCUT2D eigenvalue weighted by atomic mass is 9.85. The number of allylic oxidation sites excluding steroid dienone is 4. The van der Waals surface area contributed by atoms with E-state index >= 15 is 0 Å². The maximum Gasteiger partial charge on any atom is 0.163 e. The van der Waals surface area contributed by atoms with Crippen molar-refractivity contribution in [3.8, 4) is 5.75 Å². The van der Waals surface area contributed by atoms with Crippen LogP contribution in [0.2, 0.25) is 0 Å². The van der Waals surface area contributed by atoms with Gasteiger partial charge in [-0.1, -0.05) is 37.1 Å². The highest BCUT2D eigenvalue weighted by molar-refractivity contribution is 5.96. The Balaban J connectivity index is 1.81. The molecule has 3 rings (SSSR count). The number of ether oxygens (including phenoxy) is 1. The van der Waals surface area contributed by atoms with Crippen LogP contribution in [-0.4, -0.2) is 12.9 Å². The van der Waals surface area contributed by atoms with Gasteiger partial charge < -0.3 is 4.74 Å². The standard InChI is InChI=1S/C24H32O2/c1-16-7-6-8-17(2)14-21-23(24(21,3)4)19(13-16)15-22(25)18-9-11-20(26-5)12-10-18/h7,9-12,14,19,21,23H,6,8,13,15H2,1-5H3/b16-7+,17-14+/t19-,21+,23+/m1/s1. The number of fused-ring (bicyclic) bond motifs is 1. The van der Waals surface area contributed by atoms with Gasteiger partial charge in [0.2, 0.25) is 0 Å². The minimum absolute atomic E-state index is 0.254. The van der Waals surface area contributed by atoms with Crippen molar-refractivity contribution in [1.29, 1.82) is 0 Å². The summed E-state index contributed by atoms with van der Waals surface area (Å²) in [6.07, 6.45) is 8.81. The second kappa shape index (κ2) is 7.42. The van der Waals surface area contributed by atoms with E-state index < -0.39 is 0 Å². The minimum Gasteiger partial charge on any atom is -0.497 e. The molecule has 2 heteroatoms. The van der Waals surface area contributed by atoms with Crippen LogP contribution in [0.4, 0.5) is 0 Å². The normalized spacial score (nSPS) is 31.7.